The largest absolute Gasteiger partial charge is 0.393 e. The molecule has 0 aromatic heterocycles. The van der Waals surface area contributed by atoms with Crippen LogP contribution >= 0.6 is 0 Å². The van der Waals surface area contributed by atoms with Gasteiger partial charge in [-0.25, -0.2) is 0 Å². The monoisotopic (exact) mass is 228 g/mol. The summed E-state index contributed by atoms with van der Waals surface area (Å²) in [5.41, 5.74) is 5.18. The lowest BCUT2D eigenvalue weighted by Gasteiger charge is -2.36. The molecule has 16 heavy (non-hydrogen) atoms. The molecule has 2 fully saturated rings. The van der Waals surface area contributed by atoms with Gasteiger partial charge < -0.3 is 20.5 Å². The van der Waals surface area contributed by atoms with Gasteiger partial charge in [-0.2, -0.15) is 0 Å². The predicted molar refractivity (Wildman–Crippen MR) is 58.7 cm³/mol. The Labute approximate surface area is 95.5 Å². The molecule has 5 heteroatoms. The van der Waals surface area contributed by atoms with Gasteiger partial charge in [0, 0.05) is 20.2 Å². The van der Waals surface area contributed by atoms with Gasteiger partial charge in [-0.05, 0) is 25.2 Å². The molecule has 2 rings (SSSR count). The highest BCUT2D eigenvalue weighted by molar-refractivity contribution is 5.86. The minimum Gasteiger partial charge on any atom is -0.393 e. The molecule has 1 unspecified atom stereocenters. The Morgan fingerprint density at radius 2 is 2.31 bits per heavy atom. The molecule has 0 spiro atoms. The Hall–Kier alpha value is -0.650. The summed E-state index contributed by atoms with van der Waals surface area (Å²) < 4.78 is 5.18. The van der Waals surface area contributed by atoms with E-state index in [0.29, 0.717) is 32.1 Å². The first-order valence-electron chi connectivity index (χ1n) is 5.81. The minimum absolute atomic E-state index is 0.0358. The molecule has 0 aromatic carbocycles. The number of rotatable bonds is 3. The van der Waals surface area contributed by atoms with Crippen molar-refractivity contribution in [3.05, 3.63) is 0 Å². The molecule has 1 aliphatic heterocycles. The van der Waals surface area contributed by atoms with E-state index in [2.05, 4.69) is 0 Å². The summed E-state index contributed by atoms with van der Waals surface area (Å²) in [4.78, 5) is 13.8. The van der Waals surface area contributed by atoms with E-state index < -0.39 is 5.54 Å². The van der Waals surface area contributed by atoms with Crippen molar-refractivity contribution < 1.29 is 14.6 Å². The molecule has 2 aliphatic rings. The molecule has 3 N–H and O–H groups in total. The summed E-state index contributed by atoms with van der Waals surface area (Å²) in [6.45, 7) is 1.58. The van der Waals surface area contributed by atoms with Crippen LogP contribution in [0.15, 0.2) is 0 Å². The number of likely N-dealkylation sites (N-methyl/N-ethyl adjacent to an activating group) is 1. The highest BCUT2D eigenvalue weighted by atomic mass is 16.5. The topological polar surface area (TPSA) is 75.8 Å². The fourth-order valence-electron chi connectivity index (χ4n) is 2.45. The van der Waals surface area contributed by atoms with Crippen molar-refractivity contribution in [2.75, 3.05) is 26.8 Å². The summed E-state index contributed by atoms with van der Waals surface area (Å²) in [5, 5.41) is 9.18. The third-order valence-corrected chi connectivity index (χ3v) is 3.57. The summed E-state index contributed by atoms with van der Waals surface area (Å²) in [6, 6.07) is 0. The van der Waals surface area contributed by atoms with Gasteiger partial charge in [0.1, 0.15) is 5.54 Å². The molecular formula is C11H20N2O3. The van der Waals surface area contributed by atoms with Crippen molar-refractivity contribution in [3.8, 4) is 0 Å². The van der Waals surface area contributed by atoms with Gasteiger partial charge in [0.25, 0.3) is 0 Å². The Kier molecular flexibility index (Phi) is 3.19. The summed E-state index contributed by atoms with van der Waals surface area (Å²) in [5.74, 6) is 0.390. The van der Waals surface area contributed by atoms with Crippen LogP contribution in [-0.2, 0) is 9.53 Å². The molecule has 92 valence electrons. The molecule has 0 radical (unpaired) electrons. The van der Waals surface area contributed by atoms with Crippen LogP contribution in [0.3, 0.4) is 0 Å². The maximum absolute atomic E-state index is 12.1. The zero-order chi connectivity index (χ0) is 11.8. The van der Waals surface area contributed by atoms with Crippen LogP contribution in [0, 0.1) is 5.92 Å². The van der Waals surface area contributed by atoms with E-state index in [0.717, 1.165) is 12.8 Å². The number of aliphatic hydroxyl groups excluding tert-OH is 1. The number of aliphatic hydroxyl groups is 1. The van der Waals surface area contributed by atoms with Crippen LogP contribution in [0.5, 0.6) is 0 Å². The highest BCUT2D eigenvalue weighted by Crippen LogP contribution is 2.28. The standard InChI is InChI=1S/C11H20N2O3/c1-13(6-8-4-9(14)5-8)10(15)11(12)2-3-16-7-11/h8-9,14H,2-7,12H2,1H3. The summed E-state index contributed by atoms with van der Waals surface area (Å²) in [6.07, 6.45) is 2.02. The van der Waals surface area contributed by atoms with Crippen LogP contribution in [0.1, 0.15) is 19.3 Å². The van der Waals surface area contributed by atoms with Gasteiger partial charge in [-0.1, -0.05) is 0 Å². The zero-order valence-electron chi connectivity index (χ0n) is 9.69. The fourth-order valence-corrected chi connectivity index (χ4v) is 2.45. The Bertz CT molecular complexity index is 270. The van der Waals surface area contributed by atoms with E-state index in [1.165, 1.54) is 0 Å². The second kappa shape index (κ2) is 4.31. The molecule has 1 aliphatic carbocycles. The van der Waals surface area contributed by atoms with E-state index in [1.807, 2.05) is 0 Å². The van der Waals surface area contributed by atoms with Crippen LogP contribution < -0.4 is 5.73 Å². The molecule has 5 nitrogen and oxygen atoms in total. The summed E-state index contributed by atoms with van der Waals surface area (Å²) in [7, 11) is 1.78. The maximum Gasteiger partial charge on any atom is 0.244 e. The summed E-state index contributed by atoms with van der Waals surface area (Å²) >= 11 is 0. The number of hydrogen-bond donors (Lipinski definition) is 2. The second-order valence-electron chi connectivity index (χ2n) is 5.14. The van der Waals surface area contributed by atoms with Crippen molar-refractivity contribution >= 4 is 5.91 Å². The second-order valence-corrected chi connectivity index (χ2v) is 5.14. The lowest BCUT2D eigenvalue weighted by molar-refractivity contribution is -0.137. The maximum atomic E-state index is 12.1. The average molecular weight is 228 g/mol. The van der Waals surface area contributed by atoms with Gasteiger partial charge in [-0.15, -0.1) is 0 Å². The van der Waals surface area contributed by atoms with Crippen LogP contribution in [0.4, 0.5) is 0 Å². The van der Waals surface area contributed by atoms with Crippen LogP contribution in [-0.4, -0.2) is 54.4 Å². The normalized spacial score (nSPS) is 38.2. The molecule has 0 aromatic rings. The molecule has 1 atom stereocenters. The molecule has 1 amide bonds. The number of hydrogen-bond acceptors (Lipinski definition) is 4. The van der Waals surface area contributed by atoms with Crippen molar-refractivity contribution in [2.24, 2.45) is 11.7 Å². The van der Waals surface area contributed by atoms with Crippen LogP contribution in [0.25, 0.3) is 0 Å². The number of ether oxygens (including phenoxy) is 1. The van der Waals surface area contributed by atoms with Gasteiger partial charge in [0.15, 0.2) is 0 Å². The Balaban J connectivity index is 1.84. The molecule has 1 saturated carbocycles. The lowest BCUT2D eigenvalue weighted by atomic mass is 9.82. The van der Waals surface area contributed by atoms with Crippen molar-refractivity contribution in [1.82, 2.24) is 4.90 Å². The number of carbonyl (C=O) groups excluding carboxylic acids is 1. The minimum atomic E-state index is -0.822. The first-order valence-corrected chi connectivity index (χ1v) is 5.81. The average Bonchev–Trinajstić information content (AvgIpc) is 2.63. The van der Waals surface area contributed by atoms with Crippen molar-refractivity contribution in [3.63, 3.8) is 0 Å². The first kappa shape index (κ1) is 11.8. The highest BCUT2D eigenvalue weighted by Gasteiger charge is 2.41. The fraction of sp³-hybridized carbons (Fsp3) is 0.909. The van der Waals surface area contributed by atoms with Gasteiger partial charge in [0.05, 0.1) is 12.7 Å². The Morgan fingerprint density at radius 1 is 1.62 bits per heavy atom. The van der Waals surface area contributed by atoms with E-state index in [1.54, 1.807) is 11.9 Å². The lowest BCUT2D eigenvalue weighted by Crippen LogP contribution is -2.56. The Morgan fingerprint density at radius 3 is 2.81 bits per heavy atom. The van der Waals surface area contributed by atoms with Gasteiger partial charge >= 0.3 is 0 Å². The molecule has 1 heterocycles. The SMILES string of the molecule is CN(CC1CC(O)C1)C(=O)C1(N)CCOC1. The number of nitrogens with two attached hydrogens (primary N) is 1. The molecule has 0 bridgehead atoms. The zero-order valence-corrected chi connectivity index (χ0v) is 9.69. The van der Waals surface area contributed by atoms with E-state index in [-0.39, 0.29) is 12.0 Å². The van der Waals surface area contributed by atoms with Crippen LogP contribution in [0.2, 0.25) is 0 Å². The first-order chi connectivity index (χ1) is 7.51. The van der Waals surface area contributed by atoms with Gasteiger partial charge in [0.2, 0.25) is 5.91 Å². The molecule has 1 saturated heterocycles. The van der Waals surface area contributed by atoms with E-state index in [9.17, 15) is 9.90 Å². The quantitative estimate of drug-likeness (QED) is 0.672. The van der Waals surface area contributed by atoms with Gasteiger partial charge in [-0.3, -0.25) is 4.79 Å². The number of nitrogens with zero attached hydrogens (tertiary/aromatic N) is 1. The van der Waals surface area contributed by atoms with Crippen molar-refractivity contribution in [1.29, 1.82) is 0 Å². The number of amides is 1. The molecular weight excluding hydrogens is 208 g/mol. The van der Waals surface area contributed by atoms with Crippen molar-refractivity contribution in [2.45, 2.75) is 30.9 Å². The number of carbonyl (C=O) groups is 1. The predicted octanol–water partition coefficient (Wildman–Crippen LogP) is -0.666. The third-order valence-electron chi connectivity index (χ3n) is 3.57. The smallest absolute Gasteiger partial charge is 0.244 e. The third kappa shape index (κ3) is 2.21. The van der Waals surface area contributed by atoms with E-state index in [4.69, 9.17) is 10.5 Å². The van der Waals surface area contributed by atoms with E-state index >= 15 is 0 Å².